The first-order chi connectivity index (χ1) is 10.1. The molecule has 112 valence electrons. The quantitative estimate of drug-likeness (QED) is 0.890. The summed E-state index contributed by atoms with van der Waals surface area (Å²) in [6.07, 6.45) is 0. The molecule has 0 radical (unpaired) electrons. The molecule has 1 aromatic heterocycles. The molecular weight excluding hydrogens is 284 g/mol. The Labute approximate surface area is 128 Å². The van der Waals surface area contributed by atoms with Gasteiger partial charge in [0.1, 0.15) is 10.7 Å². The molecule has 1 amide bonds. The Kier molecular flexibility index (Phi) is 4.80. The van der Waals surface area contributed by atoms with Crippen molar-refractivity contribution in [3.8, 4) is 0 Å². The maximum absolute atomic E-state index is 12.7. The van der Waals surface area contributed by atoms with Crippen LogP contribution >= 0.6 is 11.3 Å². The van der Waals surface area contributed by atoms with E-state index in [0.29, 0.717) is 16.6 Å². The molecule has 0 aliphatic rings. The van der Waals surface area contributed by atoms with Crippen molar-refractivity contribution >= 4 is 33.9 Å². The van der Waals surface area contributed by atoms with Gasteiger partial charge in [0.05, 0.1) is 0 Å². The van der Waals surface area contributed by atoms with Gasteiger partial charge in [-0.2, -0.15) is 0 Å². The standard InChI is InChI=1S/C15H20N4OS/c1-4-17-15-18-13(16)12(21-15)14(20)19(5-2)11-8-6-10(3)7-9-11/h6-9H,4-5,16H2,1-3H3,(H,17,18). The van der Waals surface area contributed by atoms with Crippen LogP contribution in [0.5, 0.6) is 0 Å². The monoisotopic (exact) mass is 304 g/mol. The molecule has 2 rings (SSSR count). The van der Waals surface area contributed by atoms with Gasteiger partial charge in [-0.3, -0.25) is 4.79 Å². The Hall–Kier alpha value is -2.08. The van der Waals surface area contributed by atoms with Crippen LogP contribution in [0.15, 0.2) is 24.3 Å². The molecule has 1 aromatic carbocycles. The maximum Gasteiger partial charge on any atom is 0.272 e. The van der Waals surface area contributed by atoms with E-state index < -0.39 is 0 Å². The molecule has 0 unspecified atom stereocenters. The molecule has 2 aromatic rings. The lowest BCUT2D eigenvalue weighted by atomic mass is 10.2. The van der Waals surface area contributed by atoms with Crippen LogP contribution < -0.4 is 16.0 Å². The first-order valence-electron chi connectivity index (χ1n) is 6.95. The molecule has 21 heavy (non-hydrogen) atoms. The van der Waals surface area contributed by atoms with Crippen molar-refractivity contribution in [3.05, 3.63) is 34.7 Å². The first-order valence-corrected chi connectivity index (χ1v) is 7.77. The zero-order valence-corrected chi connectivity index (χ0v) is 13.3. The number of hydrogen-bond acceptors (Lipinski definition) is 5. The molecule has 6 heteroatoms. The number of anilines is 3. The van der Waals surface area contributed by atoms with Crippen molar-refractivity contribution < 1.29 is 4.79 Å². The van der Waals surface area contributed by atoms with Crippen LogP contribution in [0.4, 0.5) is 16.6 Å². The van der Waals surface area contributed by atoms with E-state index in [4.69, 9.17) is 5.73 Å². The zero-order valence-electron chi connectivity index (χ0n) is 12.5. The molecule has 0 saturated heterocycles. The minimum absolute atomic E-state index is 0.111. The average molecular weight is 304 g/mol. The highest BCUT2D eigenvalue weighted by Crippen LogP contribution is 2.28. The summed E-state index contributed by atoms with van der Waals surface area (Å²) in [4.78, 5) is 19.1. The number of carbonyl (C=O) groups excluding carboxylic acids is 1. The minimum atomic E-state index is -0.111. The number of benzene rings is 1. The number of nitrogens with one attached hydrogen (secondary N) is 1. The minimum Gasteiger partial charge on any atom is -0.382 e. The second-order valence-corrected chi connectivity index (χ2v) is 5.65. The number of nitrogens with zero attached hydrogens (tertiary/aromatic N) is 2. The molecular formula is C15H20N4OS. The van der Waals surface area contributed by atoms with E-state index in [2.05, 4.69) is 10.3 Å². The Morgan fingerprint density at radius 1 is 1.33 bits per heavy atom. The van der Waals surface area contributed by atoms with Crippen molar-refractivity contribution in [2.45, 2.75) is 20.8 Å². The van der Waals surface area contributed by atoms with Crippen LogP contribution in [0.1, 0.15) is 29.1 Å². The van der Waals surface area contributed by atoms with Crippen LogP contribution in [-0.2, 0) is 0 Å². The lowest BCUT2D eigenvalue weighted by molar-refractivity contribution is 0.0993. The Bertz CT molecular complexity index is 621. The number of aromatic nitrogens is 1. The normalized spacial score (nSPS) is 10.4. The second kappa shape index (κ2) is 6.58. The highest BCUT2D eigenvalue weighted by atomic mass is 32.1. The Morgan fingerprint density at radius 3 is 2.57 bits per heavy atom. The van der Waals surface area contributed by atoms with Gasteiger partial charge < -0.3 is 16.0 Å². The van der Waals surface area contributed by atoms with Crippen molar-refractivity contribution in [2.24, 2.45) is 0 Å². The Morgan fingerprint density at radius 2 is 2.00 bits per heavy atom. The molecule has 0 atom stereocenters. The molecule has 0 spiro atoms. The zero-order chi connectivity index (χ0) is 15.4. The van der Waals surface area contributed by atoms with Gasteiger partial charge in [0.25, 0.3) is 5.91 Å². The van der Waals surface area contributed by atoms with Crippen molar-refractivity contribution in [1.82, 2.24) is 4.98 Å². The van der Waals surface area contributed by atoms with Gasteiger partial charge in [-0.15, -0.1) is 0 Å². The van der Waals surface area contributed by atoms with Crippen LogP contribution in [0, 0.1) is 6.92 Å². The number of rotatable bonds is 5. The lowest BCUT2D eigenvalue weighted by Gasteiger charge is -2.20. The fourth-order valence-corrected chi connectivity index (χ4v) is 2.90. The first kappa shape index (κ1) is 15.3. The van der Waals surface area contributed by atoms with E-state index >= 15 is 0 Å². The number of thiazole rings is 1. The van der Waals surface area contributed by atoms with E-state index in [1.807, 2.05) is 45.0 Å². The third-order valence-electron chi connectivity index (χ3n) is 3.08. The third kappa shape index (κ3) is 3.33. The molecule has 3 N–H and O–H groups in total. The van der Waals surface area contributed by atoms with Gasteiger partial charge in [-0.25, -0.2) is 4.98 Å². The highest BCUT2D eigenvalue weighted by molar-refractivity contribution is 7.18. The fraction of sp³-hybridized carbons (Fsp3) is 0.333. The van der Waals surface area contributed by atoms with Gasteiger partial charge in [0, 0.05) is 18.8 Å². The van der Waals surface area contributed by atoms with E-state index in [0.717, 1.165) is 17.8 Å². The summed E-state index contributed by atoms with van der Waals surface area (Å²) < 4.78 is 0. The summed E-state index contributed by atoms with van der Waals surface area (Å²) in [5, 5.41) is 3.76. The van der Waals surface area contributed by atoms with Crippen LogP contribution in [0.2, 0.25) is 0 Å². The summed E-state index contributed by atoms with van der Waals surface area (Å²) in [5.41, 5.74) is 7.91. The molecule has 1 heterocycles. The van der Waals surface area contributed by atoms with E-state index in [-0.39, 0.29) is 11.7 Å². The third-order valence-corrected chi connectivity index (χ3v) is 4.10. The summed E-state index contributed by atoms with van der Waals surface area (Å²) in [6.45, 7) is 7.27. The smallest absolute Gasteiger partial charge is 0.272 e. The van der Waals surface area contributed by atoms with E-state index in [1.54, 1.807) is 4.90 Å². The largest absolute Gasteiger partial charge is 0.382 e. The summed E-state index contributed by atoms with van der Waals surface area (Å²) >= 11 is 1.30. The lowest BCUT2D eigenvalue weighted by Crippen LogP contribution is -2.30. The van der Waals surface area contributed by atoms with Crippen LogP contribution in [0.25, 0.3) is 0 Å². The molecule has 0 bridgehead atoms. The summed E-state index contributed by atoms with van der Waals surface area (Å²) in [5.74, 6) is 0.173. The van der Waals surface area contributed by atoms with Gasteiger partial charge in [-0.1, -0.05) is 29.0 Å². The van der Waals surface area contributed by atoms with Gasteiger partial charge in [0.2, 0.25) is 0 Å². The summed E-state index contributed by atoms with van der Waals surface area (Å²) in [6, 6.07) is 7.87. The number of carbonyl (C=O) groups is 1. The molecule has 0 fully saturated rings. The predicted molar refractivity (Wildman–Crippen MR) is 89.2 cm³/mol. The maximum atomic E-state index is 12.7. The molecule has 0 saturated carbocycles. The van der Waals surface area contributed by atoms with Gasteiger partial charge in [-0.05, 0) is 32.9 Å². The topological polar surface area (TPSA) is 71.2 Å². The van der Waals surface area contributed by atoms with Crippen molar-refractivity contribution in [1.29, 1.82) is 0 Å². The average Bonchev–Trinajstić information content (AvgIpc) is 2.83. The Balaban J connectivity index is 2.29. The van der Waals surface area contributed by atoms with Crippen LogP contribution in [-0.4, -0.2) is 24.0 Å². The number of nitrogens with two attached hydrogens (primary N) is 1. The van der Waals surface area contributed by atoms with Crippen LogP contribution in [0.3, 0.4) is 0 Å². The van der Waals surface area contributed by atoms with Crippen molar-refractivity contribution in [2.75, 3.05) is 29.0 Å². The number of nitrogen functional groups attached to an aromatic ring is 1. The fourth-order valence-electron chi connectivity index (χ4n) is 2.00. The predicted octanol–water partition coefficient (Wildman–Crippen LogP) is 3.13. The number of hydrogen-bond donors (Lipinski definition) is 2. The van der Waals surface area contributed by atoms with Gasteiger partial charge >= 0.3 is 0 Å². The number of amides is 1. The van der Waals surface area contributed by atoms with Gasteiger partial charge in [0.15, 0.2) is 5.13 Å². The highest BCUT2D eigenvalue weighted by Gasteiger charge is 2.22. The number of aryl methyl sites for hydroxylation is 1. The second-order valence-electron chi connectivity index (χ2n) is 4.65. The van der Waals surface area contributed by atoms with E-state index in [1.165, 1.54) is 11.3 Å². The molecule has 0 aliphatic heterocycles. The summed E-state index contributed by atoms with van der Waals surface area (Å²) in [7, 11) is 0. The van der Waals surface area contributed by atoms with Crippen molar-refractivity contribution in [3.63, 3.8) is 0 Å². The molecule has 0 aliphatic carbocycles. The SMILES string of the molecule is CCNc1nc(N)c(C(=O)N(CC)c2ccc(C)cc2)s1. The van der Waals surface area contributed by atoms with E-state index in [9.17, 15) is 4.79 Å². The molecule has 5 nitrogen and oxygen atoms in total.